The van der Waals surface area contributed by atoms with Gasteiger partial charge in [0, 0.05) is 17.8 Å². The van der Waals surface area contributed by atoms with Crippen molar-refractivity contribution in [3.8, 4) is 0 Å². The third-order valence-electron chi connectivity index (χ3n) is 4.96. The molecule has 0 aromatic heterocycles. The van der Waals surface area contributed by atoms with Crippen LogP contribution < -0.4 is 16.0 Å². The van der Waals surface area contributed by atoms with Crippen LogP contribution in [0.25, 0.3) is 0 Å². The summed E-state index contributed by atoms with van der Waals surface area (Å²) in [6.07, 6.45) is 1.95. The van der Waals surface area contributed by atoms with Gasteiger partial charge in [-0.15, -0.1) is 0 Å². The van der Waals surface area contributed by atoms with Crippen LogP contribution in [0.5, 0.6) is 0 Å². The van der Waals surface area contributed by atoms with Gasteiger partial charge in [0.15, 0.2) is 5.11 Å². The Morgan fingerprint density at radius 3 is 2.09 bits per heavy atom. The van der Waals surface area contributed by atoms with Crippen LogP contribution in [0.3, 0.4) is 0 Å². The van der Waals surface area contributed by atoms with Crippen molar-refractivity contribution in [1.29, 1.82) is 0 Å². The van der Waals surface area contributed by atoms with Crippen molar-refractivity contribution in [3.05, 3.63) is 102 Å². The number of thiocarbonyl (C=S) groups is 1. The van der Waals surface area contributed by atoms with Gasteiger partial charge in [0.2, 0.25) is 5.91 Å². The monoisotopic (exact) mass is 445 g/mol. The van der Waals surface area contributed by atoms with E-state index in [9.17, 15) is 9.59 Å². The molecule has 3 aromatic rings. The van der Waals surface area contributed by atoms with Crippen molar-refractivity contribution in [1.82, 2.24) is 10.6 Å². The number of hydrogen-bond acceptors (Lipinski definition) is 3. The van der Waals surface area contributed by atoms with Crippen LogP contribution in [0, 0.1) is 0 Å². The van der Waals surface area contributed by atoms with Crippen molar-refractivity contribution in [2.75, 3.05) is 11.9 Å². The third kappa shape index (κ3) is 6.49. The molecule has 3 N–H and O–H groups in total. The highest BCUT2D eigenvalue weighted by Gasteiger charge is 2.23. The molecule has 0 aliphatic heterocycles. The first-order valence-electron chi connectivity index (χ1n) is 10.7. The number of anilines is 1. The molecular weight excluding hydrogens is 418 g/mol. The number of unbranched alkanes of at least 4 members (excludes halogenated alkanes) is 1. The van der Waals surface area contributed by atoms with E-state index >= 15 is 0 Å². The normalized spacial score (nSPS) is 10.4. The Bertz CT molecular complexity index is 1020. The van der Waals surface area contributed by atoms with Crippen LogP contribution in [-0.4, -0.2) is 23.5 Å². The van der Waals surface area contributed by atoms with Gasteiger partial charge in [-0.1, -0.05) is 80.1 Å². The summed E-state index contributed by atoms with van der Waals surface area (Å²) in [7, 11) is 0. The summed E-state index contributed by atoms with van der Waals surface area (Å²) < 4.78 is 0. The summed E-state index contributed by atoms with van der Waals surface area (Å²) in [6.45, 7) is 2.72. The number of nitrogens with one attached hydrogen (secondary N) is 3. The quantitative estimate of drug-likeness (QED) is 0.342. The molecule has 0 saturated heterocycles. The minimum absolute atomic E-state index is 0.134. The number of carbonyl (C=O) groups is 2. The minimum Gasteiger partial charge on any atom is -0.352 e. The molecule has 0 heterocycles. The fourth-order valence-corrected chi connectivity index (χ4v) is 3.57. The van der Waals surface area contributed by atoms with Gasteiger partial charge in [-0.3, -0.25) is 9.59 Å². The lowest BCUT2D eigenvalue weighted by molar-refractivity contribution is -0.120. The van der Waals surface area contributed by atoms with Crippen molar-refractivity contribution >= 4 is 34.8 Å². The predicted molar refractivity (Wildman–Crippen MR) is 133 cm³/mol. The topological polar surface area (TPSA) is 70.2 Å². The second-order valence-corrected chi connectivity index (χ2v) is 7.80. The van der Waals surface area contributed by atoms with Gasteiger partial charge in [0.05, 0.1) is 5.92 Å². The largest absolute Gasteiger partial charge is 0.352 e. The van der Waals surface area contributed by atoms with Crippen molar-refractivity contribution < 1.29 is 9.59 Å². The molecule has 0 fully saturated rings. The lowest BCUT2D eigenvalue weighted by Crippen LogP contribution is -2.38. The zero-order valence-electron chi connectivity index (χ0n) is 18.0. The molecule has 0 unspecified atom stereocenters. The van der Waals surface area contributed by atoms with Gasteiger partial charge in [-0.25, -0.2) is 0 Å². The van der Waals surface area contributed by atoms with E-state index in [0.717, 1.165) is 24.0 Å². The SMILES string of the molecule is CCCCNC(=O)c1cccc(NC(=S)NC(=O)C(c2ccccc2)c2ccccc2)c1. The van der Waals surface area contributed by atoms with E-state index in [4.69, 9.17) is 12.2 Å². The second kappa shape index (κ2) is 11.8. The van der Waals surface area contributed by atoms with Crippen molar-refractivity contribution in [3.63, 3.8) is 0 Å². The number of hydrogen-bond donors (Lipinski definition) is 3. The van der Waals surface area contributed by atoms with Crippen LogP contribution >= 0.6 is 12.2 Å². The molecule has 5 nitrogen and oxygen atoms in total. The first kappa shape index (κ1) is 23.2. The molecule has 6 heteroatoms. The number of carbonyl (C=O) groups excluding carboxylic acids is 2. The number of benzene rings is 3. The lowest BCUT2D eigenvalue weighted by atomic mass is 9.90. The highest BCUT2D eigenvalue weighted by Crippen LogP contribution is 2.24. The summed E-state index contributed by atoms with van der Waals surface area (Å²) in [4.78, 5) is 25.5. The third-order valence-corrected chi connectivity index (χ3v) is 5.17. The fourth-order valence-electron chi connectivity index (χ4n) is 3.35. The van der Waals surface area contributed by atoms with Crippen LogP contribution in [-0.2, 0) is 4.79 Å². The second-order valence-electron chi connectivity index (χ2n) is 7.39. The minimum atomic E-state index is -0.493. The molecule has 0 aliphatic carbocycles. The molecule has 164 valence electrons. The Balaban J connectivity index is 1.69. The highest BCUT2D eigenvalue weighted by atomic mass is 32.1. The molecule has 0 spiro atoms. The van der Waals surface area contributed by atoms with Crippen molar-refractivity contribution in [2.24, 2.45) is 0 Å². The molecule has 32 heavy (non-hydrogen) atoms. The molecule has 0 bridgehead atoms. The maximum Gasteiger partial charge on any atom is 0.251 e. The highest BCUT2D eigenvalue weighted by molar-refractivity contribution is 7.80. The van der Waals surface area contributed by atoms with E-state index in [-0.39, 0.29) is 16.9 Å². The average Bonchev–Trinajstić information content (AvgIpc) is 2.81. The summed E-state index contributed by atoms with van der Waals surface area (Å²) in [6, 6.07) is 26.2. The van der Waals surface area contributed by atoms with Gasteiger partial charge < -0.3 is 16.0 Å². The Morgan fingerprint density at radius 2 is 1.50 bits per heavy atom. The first-order valence-corrected chi connectivity index (χ1v) is 11.1. The lowest BCUT2D eigenvalue weighted by Gasteiger charge is -2.19. The zero-order valence-corrected chi connectivity index (χ0v) is 18.8. The summed E-state index contributed by atoms with van der Waals surface area (Å²) in [5.41, 5.74) is 2.93. The maximum absolute atomic E-state index is 13.2. The van der Waals surface area contributed by atoms with E-state index in [1.165, 1.54) is 0 Å². The summed E-state index contributed by atoms with van der Waals surface area (Å²) >= 11 is 5.38. The van der Waals surface area contributed by atoms with E-state index in [2.05, 4.69) is 22.9 Å². The Morgan fingerprint density at radius 1 is 0.875 bits per heavy atom. The van der Waals surface area contributed by atoms with Crippen LogP contribution in [0.2, 0.25) is 0 Å². The molecule has 0 aliphatic rings. The Hall–Kier alpha value is -3.51. The van der Waals surface area contributed by atoms with E-state index in [1.54, 1.807) is 24.3 Å². The zero-order chi connectivity index (χ0) is 22.8. The molecule has 0 saturated carbocycles. The maximum atomic E-state index is 13.2. The van der Waals surface area contributed by atoms with Crippen LogP contribution in [0.15, 0.2) is 84.9 Å². The molecule has 3 aromatic carbocycles. The number of rotatable bonds is 8. The smallest absolute Gasteiger partial charge is 0.251 e. The Labute approximate surface area is 194 Å². The van der Waals surface area contributed by atoms with E-state index in [1.807, 2.05) is 60.7 Å². The van der Waals surface area contributed by atoms with E-state index < -0.39 is 5.92 Å². The van der Waals surface area contributed by atoms with Gasteiger partial charge >= 0.3 is 0 Å². The van der Waals surface area contributed by atoms with Crippen molar-refractivity contribution in [2.45, 2.75) is 25.7 Å². The van der Waals surface area contributed by atoms with Gasteiger partial charge in [0.1, 0.15) is 0 Å². The predicted octanol–water partition coefficient (Wildman–Crippen LogP) is 4.86. The van der Waals surface area contributed by atoms with Gasteiger partial charge in [-0.2, -0.15) is 0 Å². The summed E-state index contributed by atoms with van der Waals surface area (Å²) in [5, 5.41) is 8.88. The summed E-state index contributed by atoms with van der Waals surface area (Å²) in [5.74, 6) is -0.855. The number of amides is 2. The standard InChI is InChI=1S/C26H27N3O2S/c1-2-3-17-27-24(30)21-15-10-16-22(18-21)28-26(32)29-25(31)23(19-11-6-4-7-12-19)20-13-8-5-9-14-20/h4-16,18,23H,2-3,17H2,1H3,(H,27,30)(H2,28,29,31,32). The molecule has 3 rings (SSSR count). The molecule has 2 amide bonds. The van der Waals surface area contributed by atoms with E-state index in [0.29, 0.717) is 17.8 Å². The Kier molecular flexibility index (Phi) is 8.52. The van der Waals surface area contributed by atoms with Gasteiger partial charge in [-0.05, 0) is 48.0 Å². The molecule has 0 atom stereocenters. The first-order chi connectivity index (χ1) is 15.6. The molecule has 0 radical (unpaired) electrons. The average molecular weight is 446 g/mol. The fraction of sp³-hybridized carbons (Fsp3) is 0.192. The molecular formula is C26H27N3O2S. The van der Waals surface area contributed by atoms with Crippen LogP contribution in [0.4, 0.5) is 5.69 Å². The van der Waals surface area contributed by atoms with Gasteiger partial charge in [0.25, 0.3) is 5.91 Å². The van der Waals surface area contributed by atoms with Crippen LogP contribution in [0.1, 0.15) is 47.2 Å².